The molecule has 0 radical (unpaired) electrons. The Hall–Kier alpha value is -1.20. The van der Waals surface area contributed by atoms with E-state index in [1.165, 1.54) is 19.3 Å². The van der Waals surface area contributed by atoms with E-state index in [-0.39, 0.29) is 24.0 Å². The van der Waals surface area contributed by atoms with Gasteiger partial charge in [-0.25, -0.2) is 0 Å². The Bertz CT molecular complexity index is 460. The first-order chi connectivity index (χ1) is 13.0. The number of carbonyl (C=O) groups excluding carboxylic acids is 1. The summed E-state index contributed by atoms with van der Waals surface area (Å²) in [6.07, 6.45) is 12.8. The molecule has 0 aliphatic heterocycles. The van der Waals surface area contributed by atoms with Gasteiger partial charge in [0.05, 0.1) is 12.2 Å². The van der Waals surface area contributed by atoms with Crippen LogP contribution in [0.2, 0.25) is 0 Å². The van der Waals surface area contributed by atoms with Crippen LogP contribution in [-0.4, -0.2) is 39.3 Å². The highest BCUT2D eigenvalue weighted by Crippen LogP contribution is 2.38. The standard InChI is InChI=1S/C22H38O5/c1-2-3-4-5-8-11-17(23)14-15-19-18(20(24)16-21(19)25)12-9-6-7-10-13-22(26)27/h6,9,18-21,24-25H,2-5,7-8,10-16H2,1H3,(H,26,27). The molecule has 1 fully saturated rings. The summed E-state index contributed by atoms with van der Waals surface area (Å²) in [7, 11) is 0. The molecule has 1 aliphatic carbocycles. The highest BCUT2D eigenvalue weighted by molar-refractivity contribution is 5.78. The van der Waals surface area contributed by atoms with E-state index in [1.54, 1.807) is 0 Å². The van der Waals surface area contributed by atoms with Crippen LogP contribution in [0.15, 0.2) is 12.2 Å². The Kier molecular flexibility index (Phi) is 12.3. The molecule has 5 heteroatoms. The van der Waals surface area contributed by atoms with Gasteiger partial charge in [-0.1, -0.05) is 44.8 Å². The number of aliphatic hydroxyl groups excluding tert-OH is 2. The second kappa shape index (κ2) is 13.9. The first-order valence-electron chi connectivity index (χ1n) is 10.7. The van der Waals surface area contributed by atoms with E-state index < -0.39 is 18.2 Å². The summed E-state index contributed by atoms with van der Waals surface area (Å²) in [6.45, 7) is 2.17. The van der Waals surface area contributed by atoms with Crippen molar-refractivity contribution in [3.05, 3.63) is 12.2 Å². The Morgan fingerprint density at radius 3 is 2.30 bits per heavy atom. The minimum Gasteiger partial charge on any atom is -0.481 e. The lowest BCUT2D eigenvalue weighted by molar-refractivity contribution is -0.137. The lowest BCUT2D eigenvalue weighted by Crippen LogP contribution is -2.22. The van der Waals surface area contributed by atoms with Gasteiger partial charge in [0, 0.05) is 19.3 Å². The maximum atomic E-state index is 12.1. The SMILES string of the molecule is CCCCCCCC(=O)CCC1C(O)CC(O)C1CC=CCCCC(=O)O. The molecule has 0 spiro atoms. The molecule has 1 rings (SSSR count). The molecule has 156 valence electrons. The van der Waals surface area contributed by atoms with Gasteiger partial charge in [0.2, 0.25) is 0 Å². The first kappa shape index (κ1) is 23.8. The minimum absolute atomic E-state index is 0.0203. The third kappa shape index (κ3) is 10.1. The zero-order valence-electron chi connectivity index (χ0n) is 16.8. The van der Waals surface area contributed by atoms with Crippen molar-refractivity contribution < 1.29 is 24.9 Å². The number of carbonyl (C=O) groups is 2. The van der Waals surface area contributed by atoms with Gasteiger partial charge in [-0.05, 0) is 50.4 Å². The normalized spacial score (nSPS) is 25.3. The van der Waals surface area contributed by atoms with Crippen molar-refractivity contribution in [2.45, 2.75) is 103 Å². The van der Waals surface area contributed by atoms with E-state index in [1.807, 2.05) is 12.2 Å². The number of unbranched alkanes of at least 4 members (excludes halogenated alkanes) is 5. The van der Waals surface area contributed by atoms with Crippen LogP contribution in [-0.2, 0) is 9.59 Å². The van der Waals surface area contributed by atoms with Crippen molar-refractivity contribution in [2.24, 2.45) is 11.8 Å². The van der Waals surface area contributed by atoms with Crippen LogP contribution in [0.25, 0.3) is 0 Å². The van der Waals surface area contributed by atoms with Gasteiger partial charge >= 0.3 is 5.97 Å². The molecule has 5 nitrogen and oxygen atoms in total. The molecule has 3 N–H and O–H groups in total. The molecular formula is C22H38O5. The number of rotatable bonds is 15. The van der Waals surface area contributed by atoms with Crippen LogP contribution in [0, 0.1) is 11.8 Å². The maximum Gasteiger partial charge on any atom is 0.303 e. The van der Waals surface area contributed by atoms with E-state index >= 15 is 0 Å². The predicted molar refractivity (Wildman–Crippen MR) is 106 cm³/mol. The summed E-state index contributed by atoms with van der Waals surface area (Å²) in [5.41, 5.74) is 0. The predicted octanol–water partition coefficient (Wildman–Crippen LogP) is 4.26. The molecule has 1 aliphatic rings. The van der Waals surface area contributed by atoms with Gasteiger partial charge in [-0.2, -0.15) is 0 Å². The lowest BCUT2D eigenvalue weighted by Gasteiger charge is -2.22. The van der Waals surface area contributed by atoms with E-state index in [9.17, 15) is 19.8 Å². The summed E-state index contributed by atoms with van der Waals surface area (Å²) in [6, 6.07) is 0. The van der Waals surface area contributed by atoms with Gasteiger partial charge < -0.3 is 15.3 Å². The zero-order chi connectivity index (χ0) is 20.1. The number of carboxylic acids is 1. The van der Waals surface area contributed by atoms with E-state index in [4.69, 9.17) is 5.11 Å². The van der Waals surface area contributed by atoms with Crippen LogP contribution in [0.4, 0.5) is 0 Å². The molecule has 0 aromatic rings. The van der Waals surface area contributed by atoms with Gasteiger partial charge in [0.1, 0.15) is 5.78 Å². The highest BCUT2D eigenvalue weighted by atomic mass is 16.4. The van der Waals surface area contributed by atoms with Crippen molar-refractivity contribution in [1.29, 1.82) is 0 Å². The minimum atomic E-state index is -0.784. The van der Waals surface area contributed by atoms with Crippen LogP contribution in [0.1, 0.15) is 90.4 Å². The van der Waals surface area contributed by atoms with Crippen LogP contribution < -0.4 is 0 Å². The summed E-state index contributed by atoms with van der Waals surface area (Å²) in [5.74, 6) is -0.573. The van der Waals surface area contributed by atoms with Gasteiger partial charge in [-0.15, -0.1) is 0 Å². The quantitative estimate of drug-likeness (QED) is 0.291. The van der Waals surface area contributed by atoms with Crippen LogP contribution in [0.3, 0.4) is 0 Å². The van der Waals surface area contributed by atoms with E-state index in [0.29, 0.717) is 44.9 Å². The monoisotopic (exact) mass is 382 g/mol. The summed E-state index contributed by atoms with van der Waals surface area (Å²) >= 11 is 0. The topological polar surface area (TPSA) is 94.8 Å². The average Bonchev–Trinajstić information content (AvgIpc) is 2.88. The number of ketones is 1. The van der Waals surface area contributed by atoms with Gasteiger partial charge in [-0.3, -0.25) is 9.59 Å². The smallest absolute Gasteiger partial charge is 0.303 e. The van der Waals surface area contributed by atoms with E-state index in [2.05, 4.69) is 6.92 Å². The van der Waals surface area contributed by atoms with Crippen molar-refractivity contribution in [3.63, 3.8) is 0 Å². The summed E-state index contributed by atoms with van der Waals surface area (Å²) in [4.78, 5) is 22.6. The Labute approximate surface area is 163 Å². The molecule has 0 saturated heterocycles. The van der Waals surface area contributed by atoms with Gasteiger partial charge in [0.15, 0.2) is 0 Å². The molecule has 1 saturated carbocycles. The number of hydrogen-bond donors (Lipinski definition) is 3. The number of hydrogen-bond acceptors (Lipinski definition) is 4. The van der Waals surface area contributed by atoms with Gasteiger partial charge in [0.25, 0.3) is 0 Å². The lowest BCUT2D eigenvalue weighted by atomic mass is 9.86. The van der Waals surface area contributed by atoms with Crippen molar-refractivity contribution in [3.8, 4) is 0 Å². The van der Waals surface area contributed by atoms with Crippen LogP contribution >= 0.6 is 0 Å². The van der Waals surface area contributed by atoms with Crippen molar-refractivity contribution >= 4 is 11.8 Å². The highest BCUT2D eigenvalue weighted by Gasteiger charge is 2.40. The number of aliphatic carboxylic acids is 1. The maximum absolute atomic E-state index is 12.1. The summed E-state index contributed by atoms with van der Waals surface area (Å²) in [5, 5.41) is 29.1. The fourth-order valence-electron chi connectivity index (χ4n) is 4.03. The first-order valence-corrected chi connectivity index (χ1v) is 10.7. The van der Waals surface area contributed by atoms with Crippen LogP contribution in [0.5, 0.6) is 0 Å². The fraction of sp³-hybridized carbons (Fsp3) is 0.818. The molecule has 0 aromatic heterocycles. The van der Waals surface area contributed by atoms with Crippen molar-refractivity contribution in [2.75, 3.05) is 0 Å². The largest absolute Gasteiger partial charge is 0.481 e. The number of Topliss-reactive ketones (excluding diaryl/α,β-unsaturated/α-hetero) is 1. The number of aliphatic hydroxyl groups is 2. The zero-order valence-corrected chi connectivity index (χ0v) is 16.8. The average molecular weight is 383 g/mol. The Morgan fingerprint density at radius 1 is 0.889 bits per heavy atom. The molecule has 27 heavy (non-hydrogen) atoms. The summed E-state index contributed by atoms with van der Waals surface area (Å²) < 4.78 is 0. The Morgan fingerprint density at radius 2 is 1.59 bits per heavy atom. The number of carboxylic acid groups (broad SMARTS) is 1. The molecule has 0 aromatic carbocycles. The third-order valence-corrected chi connectivity index (χ3v) is 5.67. The van der Waals surface area contributed by atoms with E-state index in [0.717, 1.165) is 12.8 Å². The molecule has 0 heterocycles. The third-order valence-electron chi connectivity index (χ3n) is 5.67. The number of allylic oxidation sites excluding steroid dienone is 2. The molecule has 4 atom stereocenters. The second-order valence-electron chi connectivity index (χ2n) is 7.93. The fourth-order valence-corrected chi connectivity index (χ4v) is 4.03. The second-order valence-corrected chi connectivity index (χ2v) is 7.93. The molecular weight excluding hydrogens is 344 g/mol. The van der Waals surface area contributed by atoms with Crippen molar-refractivity contribution in [1.82, 2.24) is 0 Å². The molecule has 0 amide bonds. The Balaban J connectivity index is 2.32. The molecule has 0 bridgehead atoms. The molecule has 4 unspecified atom stereocenters.